The molecule has 0 aliphatic carbocycles. The first-order valence-electron chi connectivity index (χ1n) is 4.32. The third-order valence-electron chi connectivity index (χ3n) is 1.88. The van der Waals surface area contributed by atoms with Gasteiger partial charge in [0.15, 0.2) is 0 Å². The second-order valence-corrected chi connectivity index (χ2v) is 4.07. The molecule has 0 aliphatic rings. The van der Waals surface area contributed by atoms with Gasteiger partial charge in [0.1, 0.15) is 5.82 Å². The first-order valence-corrected chi connectivity index (χ1v) is 5.11. The molecule has 0 bridgehead atoms. The number of nitrogens with two attached hydrogens (primary N) is 1. The third kappa shape index (κ3) is 3.36. The summed E-state index contributed by atoms with van der Waals surface area (Å²) < 4.78 is 18.9. The van der Waals surface area contributed by atoms with E-state index in [1.54, 1.807) is 19.2 Å². The van der Waals surface area contributed by atoms with Crippen LogP contribution in [0.2, 0.25) is 0 Å². The highest BCUT2D eigenvalue weighted by Gasteiger charge is 2.08. The van der Waals surface area contributed by atoms with Crippen LogP contribution >= 0.6 is 15.9 Å². The Labute approximate surface area is 91.4 Å². The summed E-state index contributed by atoms with van der Waals surface area (Å²) in [7, 11) is 1.58. The molecule has 0 amide bonds. The van der Waals surface area contributed by atoms with Crippen molar-refractivity contribution in [3.8, 4) is 0 Å². The number of halogens is 2. The molecule has 2 N–H and O–H groups in total. The maximum Gasteiger partial charge on any atom is 0.127 e. The molecule has 1 unspecified atom stereocenters. The van der Waals surface area contributed by atoms with Gasteiger partial charge in [-0.2, -0.15) is 0 Å². The van der Waals surface area contributed by atoms with Gasteiger partial charge >= 0.3 is 0 Å². The van der Waals surface area contributed by atoms with E-state index in [0.717, 1.165) is 4.47 Å². The standard InChI is InChI=1S/C10H13BrFNO/c1-14-6-9(13)4-7-2-3-8(11)5-10(7)12/h2-3,5,9H,4,6,13H2,1H3. The molecule has 0 aromatic heterocycles. The van der Waals surface area contributed by atoms with E-state index < -0.39 is 0 Å². The Hall–Kier alpha value is -0.450. The molecule has 0 fully saturated rings. The molecule has 1 aromatic carbocycles. The van der Waals surface area contributed by atoms with Crippen LogP contribution in [0.4, 0.5) is 4.39 Å². The average molecular weight is 262 g/mol. The van der Waals surface area contributed by atoms with Crippen LogP contribution in [0.1, 0.15) is 5.56 Å². The van der Waals surface area contributed by atoms with Crippen molar-refractivity contribution in [1.82, 2.24) is 0 Å². The smallest absolute Gasteiger partial charge is 0.127 e. The van der Waals surface area contributed by atoms with Gasteiger partial charge in [0.05, 0.1) is 6.61 Å². The van der Waals surface area contributed by atoms with Gasteiger partial charge in [0, 0.05) is 17.6 Å². The summed E-state index contributed by atoms with van der Waals surface area (Å²) in [5, 5.41) is 0. The molecule has 1 rings (SSSR count). The van der Waals surface area contributed by atoms with E-state index in [9.17, 15) is 4.39 Å². The van der Waals surface area contributed by atoms with Crippen LogP contribution < -0.4 is 5.73 Å². The maximum absolute atomic E-state index is 13.3. The second kappa shape index (κ2) is 5.44. The summed E-state index contributed by atoms with van der Waals surface area (Å²) in [6, 6.07) is 4.82. The number of hydrogen-bond donors (Lipinski definition) is 1. The van der Waals surface area contributed by atoms with Gasteiger partial charge < -0.3 is 10.5 Å². The lowest BCUT2D eigenvalue weighted by Gasteiger charge is -2.10. The summed E-state index contributed by atoms with van der Waals surface area (Å²) in [5.41, 5.74) is 6.34. The largest absolute Gasteiger partial charge is 0.383 e. The lowest BCUT2D eigenvalue weighted by atomic mass is 10.1. The number of methoxy groups -OCH3 is 1. The van der Waals surface area contributed by atoms with Crippen molar-refractivity contribution < 1.29 is 9.13 Å². The summed E-state index contributed by atoms with van der Waals surface area (Å²) >= 11 is 3.20. The topological polar surface area (TPSA) is 35.2 Å². The number of benzene rings is 1. The minimum atomic E-state index is -0.231. The van der Waals surface area contributed by atoms with Crippen LogP contribution in [0.25, 0.3) is 0 Å². The molecule has 2 nitrogen and oxygen atoms in total. The molecule has 0 saturated heterocycles. The predicted octanol–water partition coefficient (Wildman–Crippen LogP) is 2.10. The molecule has 0 aliphatic heterocycles. The van der Waals surface area contributed by atoms with Crippen LogP contribution in [0.3, 0.4) is 0 Å². The first kappa shape index (κ1) is 11.6. The van der Waals surface area contributed by atoms with Crippen molar-refractivity contribution in [1.29, 1.82) is 0 Å². The molecule has 0 spiro atoms. The zero-order valence-corrected chi connectivity index (χ0v) is 9.55. The Balaban J connectivity index is 2.67. The Kier molecular flexibility index (Phi) is 4.51. The van der Waals surface area contributed by atoms with Crippen molar-refractivity contribution in [2.24, 2.45) is 5.73 Å². The molecule has 0 heterocycles. The number of rotatable bonds is 4. The van der Waals surface area contributed by atoms with Crippen molar-refractivity contribution in [3.63, 3.8) is 0 Å². The van der Waals surface area contributed by atoms with Crippen LogP contribution in [-0.2, 0) is 11.2 Å². The summed E-state index contributed by atoms with van der Waals surface area (Å²) in [5.74, 6) is -0.231. The molecule has 1 aromatic rings. The molecule has 1 atom stereocenters. The van der Waals surface area contributed by atoms with Gasteiger partial charge in [-0.15, -0.1) is 0 Å². The maximum atomic E-state index is 13.3. The van der Waals surface area contributed by atoms with Gasteiger partial charge in [0.25, 0.3) is 0 Å². The normalized spacial score (nSPS) is 12.9. The SMILES string of the molecule is COCC(N)Cc1ccc(Br)cc1F. The summed E-state index contributed by atoms with van der Waals surface area (Å²) in [4.78, 5) is 0. The number of ether oxygens (including phenoxy) is 1. The quantitative estimate of drug-likeness (QED) is 0.901. The first-order chi connectivity index (χ1) is 6.63. The molecular formula is C10H13BrFNO. The fourth-order valence-electron chi connectivity index (χ4n) is 1.24. The highest BCUT2D eigenvalue weighted by Crippen LogP contribution is 2.16. The highest BCUT2D eigenvalue weighted by molar-refractivity contribution is 9.10. The van der Waals surface area contributed by atoms with Gasteiger partial charge in [-0.1, -0.05) is 22.0 Å². The summed E-state index contributed by atoms with van der Waals surface area (Å²) in [6.07, 6.45) is 0.493. The van der Waals surface area contributed by atoms with Crippen LogP contribution in [0.5, 0.6) is 0 Å². The minimum Gasteiger partial charge on any atom is -0.383 e. The average Bonchev–Trinajstić information content (AvgIpc) is 2.10. The van der Waals surface area contributed by atoms with Crippen molar-refractivity contribution in [3.05, 3.63) is 34.1 Å². The zero-order valence-electron chi connectivity index (χ0n) is 7.97. The number of hydrogen-bond acceptors (Lipinski definition) is 2. The van der Waals surface area contributed by atoms with Crippen molar-refractivity contribution >= 4 is 15.9 Å². The Morgan fingerprint density at radius 3 is 2.86 bits per heavy atom. The lowest BCUT2D eigenvalue weighted by molar-refractivity contribution is 0.179. The van der Waals surface area contributed by atoms with E-state index in [-0.39, 0.29) is 11.9 Å². The van der Waals surface area contributed by atoms with Gasteiger partial charge in [-0.3, -0.25) is 0 Å². The molecule has 14 heavy (non-hydrogen) atoms. The van der Waals surface area contributed by atoms with Gasteiger partial charge in [-0.05, 0) is 24.1 Å². The Morgan fingerprint density at radius 1 is 1.57 bits per heavy atom. The molecule has 0 radical (unpaired) electrons. The zero-order chi connectivity index (χ0) is 10.6. The minimum absolute atomic E-state index is 0.157. The summed E-state index contributed by atoms with van der Waals surface area (Å²) in [6.45, 7) is 0.440. The Morgan fingerprint density at radius 2 is 2.29 bits per heavy atom. The monoisotopic (exact) mass is 261 g/mol. The van der Waals surface area contributed by atoms with E-state index in [4.69, 9.17) is 10.5 Å². The van der Waals surface area contributed by atoms with Crippen LogP contribution in [0, 0.1) is 5.82 Å². The van der Waals surface area contributed by atoms with E-state index in [1.807, 2.05) is 0 Å². The van der Waals surface area contributed by atoms with Crippen molar-refractivity contribution in [2.75, 3.05) is 13.7 Å². The van der Waals surface area contributed by atoms with E-state index in [1.165, 1.54) is 6.07 Å². The van der Waals surface area contributed by atoms with Gasteiger partial charge in [0.2, 0.25) is 0 Å². The highest BCUT2D eigenvalue weighted by atomic mass is 79.9. The molecule has 0 saturated carbocycles. The second-order valence-electron chi connectivity index (χ2n) is 3.16. The Bertz CT molecular complexity index is 306. The van der Waals surface area contributed by atoms with Crippen LogP contribution in [0.15, 0.2) is 22.7 Å². The van der Waals surface area contributed by atoms with Crippen molar-refractivity contribution in [2.45, 2.75) is 12.5 Å². The third-order valence-corrected chi connectivity index (χ3v) is 2.37. The van der Waals surface area contributed by atoms with E-state index in [2.05, 4.69) is 15.9 Å². The van der Waals surface area contributed by atoms with Gasteiger partial charge in [-0.25, -0.2) is 4.39 Å². The lowest BCUT2D eigenvalue weighted by Crippen LogP contribution is -2.28. The predicted molar refractivity (Wildman–Crippen MR) is 57.7 cm³/mol. The molecular weight excluding hydrogens is 249 g/mol. The molecule has 4 heteroatoms. The van der Waals surface area contributed by atoms with E-state index in [0.29, 0.717) is 18.6 Å². The fraction of sp³-hybridized carbons (Fsp3) is 0.400. The fourth-order valence-corrected chi connectivity index (χ4v) is 1.58. The van der Waals surface area contributed by atoms with Crippen LogP contribution in [-0.4, -0.2) is 19.8 Å². The molecule has 78 valence electrons. The van der Waals surface area contributed by atoms with E-state index >= 15 is 0 Å².